The van der Waals surface area contributed by atoms with E-state index < -0.39 is 17.1 Å². The Morgan fingerprint density at radius 3 is 2.53 bits per heavy atom. The van der Waals surface area contributed by atoms with Crippen molar-refractivity contribution in [3.63, 3.8) is 0 Å². The quantitative estimate of drug-likeness (QED) is 0.611. The second-order valence-electron chi connectivity index (χ2n) is 8.86. The van der Waals surface area contributed by atoms with Crippen LogP contribution in [0.5, 0.6) is 5.75 Å². The number of benzene rings is 2. The van der Waals surface area contributed by atoms with Crippen molar-refractivity contribution >= 4 is 51.8 Å². The van der Waals surface area contributed by atoms with E-state index in [2.05, 4.69) is 44.1 Å². The predicted octanol–water partition coefficient (Wildman–Crippen LogP) is 5.00. The lowest BCUT2D eigenvalue weighted by atomic mass is 9.88. The standard InChI is InChI=1S/C26H27N3O4S/c1-16-14-26(2,3)28(4)21-11-6-17(12-20(16)21)13-22-24(31)29(25(32)34-22)15-23(30)27-18-7-9-19(33-5)10-8-18/h6-14H,15H2,1-5H3,(H,27,30)/b22-13+. The second kappa shape index (κ2) is 9.02. The van der Waals surface area contributed by atoms with Crippen molar-refractivity contribution in [2.75, 3.05) is 30.9 Å². The summed E-state index contributed by atoms with van der Waals surface area (Å²) in [6.45, 7) is 6.05. The van der Waals surface area contributed by atoms with Crippen LogP contribution in [-0.4, -0.2) is 48.2 Å². The maximum atomic E-state index is 12.9. The molecule has 0 saturated carbocycles. The topological polar surface area (TPSA) is 79.0 Å². The van der Waals surface area contributed by atoms with Crippen LogP contribution in [0.3, 0.4) is 0 Å². The highest BCUT2D eigenvalue weighted by molar-refractivity contribution is 8.18. The van der Waals surface area contributed by atoms with E-state index in [0.717, 1.165) is 39.0 Å². The lowest BCUT2D eigenvalue weighted by molar-refractivity contribution is -0.127. The Kier molecular flexibility index (Phi) is 6.27. The molecule has 0 radical (unpaired) electrons. The van der Waals surface area contributed by atoms with Crippen LogP contribution in [0.1, 0.15) is 31.9 Å². The Hall–Kier alpha value is -3.52. The van der Waals surface area contributed by atoms with Gasteiger partial charge in [-0.3, -0.25) is 19.3 Å². The summed E-state index contributed by atoms with van der Waals surface area (Å²) >= 11 is 0.845. The fraction of sp³-hybridized carbons (Fsp3) is 0.269. The largest absolute Gasteiger partial charge is 0.497 e. The van der Waals surface area contributed by atoms with E-state index in [1.54, 1.807) is 37.5 Å². The smallest absolute Gasteiger partial charge is 0.294 e. The average Bonchev–Trinajstić information content (AvgIpc) is 3.05. The Morgan fingerprint density at radius 2 is 1.85 bits per heavy atom. The molecule has 0 aromatic heterocycles. The number of carbonyl (C=O) groups is 3. The third-order valence-electron chi connectivity index (χ3n) is 6.09. The molecule has 7 nitrogen and oxygen atoms in total. The molecule has 8 heteroatoms. The summed E-state index contributed by atoms with van der Waals surface area (Å²) in [6, 6.07) is 12.8. The van der Waals surface area contributed by atoms with Gasteiger partial charge in [0.15, 0.2) is 0 Å². The molecule has 3 amide bonds. The van der Waals surface area contributed by atoms with Gasteiger partial charge in [0.25, 0.3) is 11.1 Å². The van der Waals surface area contributed by atoms with Crippen molar-refractivity contribution in [3.8, 4) is 5.75 Å². The maximum Gasteiger partial charge on any atom is 0.294 e. The molecule has 1 fully saturated rings. The number of fused-ring (bicyclic) bond motifs is 1. The van der Waals surface area contributed by atoms with Crippen LogP contribution >= 0.6 is 11.8 Å². The number of likely N-dealkylation sites (N-methyl/N-ethyl adjacent to an activating group) is 1. The van der Waals surface area contributed by atoms with Gasteiger partial charge in [-0.1, -0.05) is 12.1 Å². The molecule has 0 bridgehead atoms. The van der Waals surface area contributed by atoms with Gasteiger partial charge in [0.05, 0.1) is 17.6 Å². The molecular weight excluding hydrogens is 450 g/mol. The second-order valence-corrected chi connectivity index (χ2v) is 9.85. The first-order chi connectivity index (χ1) is 16.1. The van der Waals surface area contributed by atoms with Crippen molar-refractivity contribution in [1.82, 2.24) is 4.90 Å². The number of allylic oxidation sites excluding steroid dienone is 1. The van der Waals surface area contributed by atoms with E-state index >= 15 is 0 Å². The highest BCUT2D eigenvalue weighted by Gasteiger charge is 2.36. The van der Waals surface area contributed by atoms with Crippen LogP contribution < -0.4 is 15.0 Å². The molecule has 2 aromatic carbocycles. The van der Waals surface area contributed by atoms with Gasteiger partial charge in [-0.25, -0.2) is 0 Å². The van der Waals surface area contributed by atoms with Crippen molar-refractivity contribution in [1.29, 1.82) is 0 Å². The number of hydrogen-bond donors (Lipinski definition) is 1. The molecule has 2 aliphatic rings. The molecule has 34 heavy (non-hydrogen) atoms. The van der Waals surface area contributed by atoms with Crippen LogP contribution in [0.15, 0.2) is 53.4 Å². The Bertz CT molecular complexity index is 1230. The predicted molar refractivity (Wildman–Crippen MR) is 137 cm³/mol. The monoisotopic (exact) mass is 477 g/mol. The fourth-order valence-electron chi connectivity index (χ4n) is 4.07. The third kappa shape index (κ3) is 4.59. The number of rotatable bonds is 5. The summed E-state index contributed by atoms with van der Waals surface area (Å²) in [5, 5.41) is 2.23. The van der Waals surface area contributed by atoms with Gasteiger partial charge in [0.1, 0.15) is 12.3 Å². The van der Waals surface area contributed by atoms with E-state index in [1.807, 2.05) is 18.2 Å². The minimum absolute atomic E-state index is 0.0896. The number of carbonyl (C=O) groups excluding carboxylic acids is 3. The first-order valence-electron chi connectivity index (χ1n) is 10.9. The number of ether oxygens (including phenoxy) is 1. The zero-order valence-corrected chi connectivity index (χ0v) is 20.7. The fourth-order valence-corrected chi connectivity index (χ4v) is 4.91. The number of nitrogens with one attached hydrogen (secondary N) is 1. The number of methoxy groups -OCH3 is 1. The number of nitrogens with zero attached hydrogens (tertiary/aromatic N) is 2. The molecule has 2 aliphatic heterocycles. The van der Waals surface area contributed by atoms with Gasteiger partial charge < -0.3 is 15.0 Å². The molecule has 1 saturated heterocycles. The Labute approximate surface area is 203 Å². The lowest BCUT2D eigenvalue weighted by Crippen LogP contribution is -2.42. The summed E-state index contributed by atoms with van der Waals surface area (Å²) in [7, 11) is 3.62. The summed E-state index contributed by atoms with van der Waals surface area (Å²) < 4.78 is 5.10. The Morgan fingerprint density at radius 1 is 1.15 bits per heavy atom. The third-order valence-corrected chi connectivity index (χ3v) is 7.00. The molecule has 0 spiro atoms. The molecule has 0 aliphatic carbocycles. The number of thioether (sulfide) groups is 1. The van der Waals surface area contributed by atoms with Gasteiger partial charge in [-0.05, 0) is 86.1 Å². The maximum absolute atomic E-state index is 12.9. The molecule has 0 unspecified atom stereocenters. The molecule has 176 valence electrons. The molecule has 1 N–H and O–H groups in total. The highest BCUT2D eigenvalue weighted by atomic mass is 32.2. The average molecular weight is 478 g/mol. The summed E-state index contributed by atoms with van der Waals surface area (Å²) in [6.07, 6.45) is 3.92. The SMILES string of the molecule is COc1ccc(NC(=O)CN2C(=O)S/C(=C/c3ccc4c(c3)C(C)=CC(C)(C)N4C)C2=O)cc1. The van der Waals surface area contributed by atoms with Gasteiger partial charge in [0.2, 0.25) is 5.91 Å². The summed E-state index contributed by atoms with van der Waals surface area (Å²) in [5.41, 5.74) is 4.66. The number of imide groups is 1. The Balaban J connectivity index is 1.49. The molecule has 4 rings (SSSR count). The van der Waals surface area contributed by atoms with Crippen molar-refractivity contribution in [2.24, 2.45) is 0 Å². The van der Waals surface area contributed by atoms with E-state index in [1.165, 1.54) is 0 Å². The van der Waals surface area contributed by atoms with Gasteiger partial charge in [-0.2, -0.15) is 0 Å². The van der Waals surface area contributed by atoms with E-state index in [0.29, 0.717) is 16.3 Å². The van der Waals surface area contributed by atoms with Gasteiger partial charge >= 0.3 is 0 Å². The number of anilines is 2. The van der Waals surface area contributed by atoms with Crippen LogP contribution in [0.2, 0.25) is 0 Å². The highest BCUT2D eigenvalue weighted by Crippen LogP contribution is 2.39. The van der Waals surface area contributed by atoms with Crippen LogP contribution in [0.25, 0.3) is 11.6 Å². The lowest BCUT2D eigenvalue weighted by Gasteiger charge is -2.40. The first kappa shape index (κ1) is 23.6. The van der Waals surface area contributed by atoms with E-state index in [9.17, 15) is 14.4 Å². The minimum atomic E-state index is -0.469. The zero-order valence-electron chi connectivity index (χ0n) is 19.8. The van der Waals surface area contributed by atoms with Crippen molar-refractivity contribution < 1.29 is 19.1 Å². The van der Waals surface area contributed by atoms with Gasteiger partial charge in [-0.15, -0.1) is 0 Å². The molecule has 2 aromatic rings. The van der Waals surface area contributed by atoms with Crippen molar-refractivity contribution in [2.45, 2.75) is 26.3 Å². The normalized spacial score (nSPS) is 18.1. The minimum Gasteiger partial charge on any atom is -0.497 e. The number of hydrogen-bond acceptors (Lipinski definition) is 6. The van der Waals surface area contributed by atoms with Crippen LogP contribution in [0, 0.1) is 0 Å². The molecule has 0 atom stereocenters. The van der Waals surface area contributed by atoms with Crippen molar-refractivity contribution in [3.05, 3.63) is 64.6 Å². The molecular formula is C26H27N3O4S. The zero-order chi connectivity index (χ0) is 24.6. The van der Waals surface area contributed by atoms with Gasteiger partial charge in [0, 0.05) is 24.0 Å². The summed E-state index contributed by atoms with van der Waals surface area (Å²) in [5.74, 6) is -0.255. The number of amides is 3. The molecule has 2 heterocycles. The summed E-state index contributed by atoms with van der Waals surface area (Å²) in [4.78, 5) is 41.3. The van der Waals surface area contributed by atoms with E-state index in [4.69, 9.17) is 4.74 Å². The van der Waals surface area contributed by atoms with Crippen LogP contribution in [-0.2, 0) is 9.59 Å². The van der Waals surface area contributed by atoms with E-state index in [-0.39, 0.29) is 12.1 Å². The first-order valence-corrected chi connectivity index (χ1v) is 11.7. The van der Waals surface area contributed by atoms with Crippen LogP contribution in [0.4, 0.5) is 16.2 Å².